The van der Waals surface area contributed by atoms with Crippen LogP contribution in [0, 0.1) is 5.92 Å². The molecule has 4 rings (SSSR count). The van der Waals surface area contributed by atoms with E-state index in [1.165, 1.54) is 44.3 Å². The predicted octanol–water partition coefficient (Wildman–Crippen LogP) is 2.88. The summed E-state index contributed by atoms with van der Waals surface area (Å²) >= 11 is 0. The SMILES string of the molecule is O=C([C@H]1C[C@@H]1c1ccccc1)N1CCC(N2CCCC2)CC1. The summed E-state index contributed by atoms with van der Waals surface area (Å²) in [7, 11) is 0. The standard InChI is InChI=1S/C19H26N2O/c22-19(18-14-17(18)15-6-2-1-3-7-15)21-12-8-16(9-13-21)20-10-4-5-11-20/h1-3,6-7,16-18H,4-5,8-14H2/t17-,18+/m1/s1. The molecule has 1 aliphatic carbocycles. The van der Waals surface area contributed by atoms with E-state index in [1.54, 1.807) is 0 Å². The van der Waals surface area contributed by atoms with Crippen molar-refractivity contribution in [3.63, 3.8) is 0 Å². The van der Waals surface area contributed by atoms with E-state index in [2.05, 4.69) is 34.1 Å². The molecular formula is C19H26N2O. The summed E-state index contributed by atoms with van der Waals surface area (Å²) < 4.78 is 0. The highest BCUT2D eigenvalue weighted by Crippen LogP contribution is 2.48. The highest BCUT2D eigenvalue weighted by molar-refractivity contribution is 5.83. The lowest BCUT2D eigenvalue weighted by molar-refractivity contribution is -0.134. The molecule has 2 aliphatic heterocycles. The lowest BCUT2D eigenvalue weighted by atomic mass is 10.0. The van der Waals surface area contributed by atoms with Crippen molar-refractivity contribution in [1.29, 1.82) is 0 Å². The fourth-order valence-corrected chi connectivity index (χ4v) is 4.33. The lowest BCUT2D eigenvalue weighted by Crippen LogP contribution is -2.46. The van der Waals surface area contributed by atoms with Gasteiger partial charge in [-0.05, 0) is 56.7 Å². The molecule has 1 aromatic rings. The van der Waals surface area contributed by atoms with E-state index in [0.29, 0.717) is 11.8 Å². The smallest absolute Gasteiger partial charge is 0.226 e. The molecule has 0 aromatic heterocycles. The van der Waals surface area contributed by atoms with Crippen LogP contribution in [0.15, 0.2) is 30.3 Å². The molecule has 0 bridgehead atoms. The Labute approximate surface area is 133 Å². The van der Waals surface area contributed by atoms with Crippen molar-refractivity contribution in [3.8, 4) is 0 Å². The number of nitrogens with zero attached hydrogens (tertiary/aromatic N) is 2. The van der Waals surface area contributed by atoms with Crippen molar-refractivity contribution >= 4 is 5.91 Å². The Kier molecular flexibility index (Phi) is 3.91. The maximum absolute atomic E-state index is 12.7. The molecule has 3 nitrogen and oxygen atoms in total. The van der Waals surface area contributed by atoms with Crippen LogP contribution >= 0.6 is 0 Å². The third-order valence-electron chi connectivity index (χ3n) is 5.77. The van der Waals surface area contributed by atoms with Gasteiger partial charge in [0.25, 0.3) is 0 Å². The second-order valence-corrected chi connectivity index (χ2v) is 7.16. The number of carbonyl (C=O) groups is 1. The fourth-order valence-electron chi connectivity index (χ4n) is 4.33. The minimum absolute atomic E-state index is 0.255. The molecule has 3 heteroatoms. The number of piperidine rings is 1. The fraction of sp³-hybridized carbons (Fsp3) is 0.632. The normalized spacial score (nSPS) is 29.7. The molecule has 2 atom stereocenters. The first kappa shape index (κ1) is 14.3. The van der Waals surface area contributed by atoms with Crippen LogP contribution in [0.4, 0.5) is 0 Å². The summed E-state index contributed by atoms with van der Waals surface area (Å²) in [4.78, 5) is 17.5. The van der Waals surface area contributed by atoms with Gasteiger partial charge in [0, 0.05) is 25.0 Å². The van der Waals surface area contributed by atoms with Crippen molar-refractivity contribution in [2.75, 3.05) is 26.2 Å². The minimum atomic E-state index is 0.255. The van der Waals surface area contributed by atoms with Gasteiger partial charge in [-0.1, -0.05) is 30.3 Å². The van der Waals surface area contributed by atoms with Gasteiger partial charge in [-0.2, -0.15) is 0 Å². The van der Waals surface area contributed by atoms with Crippen LogP contribution in [0.25, 0.3) is 0 Å². The summed E-state index contributed by atoms with van der Waals surface area (Å²) in [5.41, 5.74) is 1.34. The van der Waals surface area contributed by atoms with Crippen molar-refractivity contribution in [1.82, 2.24) is 9.80 Å². The maximum atomic E-state index is 12.7. The van der Waals surface area contributed by atoms with Crippen LogP contribution in [0.3, 0.4) is 0 Å². The lowest BCUT2D eigenvalue weighted by Gasteiger charge is -2.36. The predicted molar refractivity (Wildman–Crippen MR) is 87.7 cm³/mol. The second-order valence-electron chi connectivity index (χ2n) is 7.16. The molecule has 2 saturated heterocycles. The van der Waals surface area contributed by atoms with Gasteiger partial charge >= 0.3 is 0 Å². The number of amides is 1. The van der Waals surface area contributed by atoms with Crippen molar-refractivity contribution in [3.05, 3.63) is 35.9 Å². The maximum Gasteiger partial charge on any atom is 0.226 e. The molecule has 118 valence electrons. The summed E-state index contributed by atoms with van der Waals surface area (Å²) in [6, 6.07) is 11.3. The van der Waals surface area contributed by atoms with Crippen molar-refractivity contribution in [2.45, 2.75) is 44.1 Å². The summed E-state index contributed by atoms with van der Waals surface area (Å²) in [6.45, 7) is 4.49. The quantitative estimate of drug-likeness (QED) is 0.856. The number of hydrogen-bond donors (Lipinski definition) is 0. The Morgan fingerprint density at radius 3 is 2.32 bits per heavy atom. The van der Waals surface area contributed by atoms with Crippen LogP contribution in [0.2, 0.25) is 0 Å². The molecule has 1 aromatic carbocycles. The highest BCUT2D eigenvalue weighted by atomic mass is 16.2. The molecule has 3 aliphatic rings. The van der Waals surface area contributed by atoms with Crippen molar-refractivity contribution in [2.24, 2.45) is 5.92 Å². The van der Waals surface area contributed by atoms with Crippen LogP contribution in [0.5, 0.6) is 0 Å². The zero-order valence-electron chi connectivity index (χ0n) is 13.3. The summed E-state index contributed by atoms with van der Waals surface area (Å²) in [5.74, 6) is 1.14. The first-order valence-corrected chi connectivity index (χ1v) is 8.91. The van der Waals surface area contributed by atoms with E-state index in [1.807, 2.05) is 6.07 Å². The third-order valence-corrected chi connectivity index (χ3v) is 5.77. The molecule has 3 fully saturated rings. The Morgan fingerprint density at radius 1 is 0.955 bits per heavy atom. The van der Waals surface area contributed by atoms with Crippen LogP contribution in [0.1, 0.15) is 43.6 Å². The molecule has 22 heavy (non-hydrogen) atoms. The average Bonchev–Trinajstić information content (AvgIpc) is 3.20. The van der Waals surface area contributed by atoms with Gasteiger partial charge in [0.05, 0.1) is 0 Å². The van der Waals surface area contributed by atoms with E-state index < -0.39 is 0 Å². The largest absolute Gasteiger partial charge is 0.342 e. The monoisotopic (exact) mass is 298 g/mol. The Bertz CT molecular complexity index is 515. The molecule has 2 heterocycles. The van der Waals surface area contributed by atoms with E-state index >= 15 is 0 Å². The van der Waals surface area contributed by atoms with E-state index in [4.69, 9.17) is 0 Å². The van der Waals surface area contributed by atoms with E-state index in [-0.39, 0.29) is 5.92 Å². The van der Waals surface area contributed by atoms with Crippen LogP contribution < -0.4 is 0 Å². The van der Waals surface area contributed by atoms with Gasteiger partial charge in [-0.25, -0.2) is 0 Å². The zero-order valence-corrected chi connectivity index (χ0v) is 13.3. The molecule has 1 saturated carbocycles. The van der Waals surface area contributed by atoms with Crippen molar-refractivity contribution < 1.29 is 4.79 Å². The Balaban J connectivity index is 1.30. The van der Waals surface area contributed by atoms with E-state index in [0.717, 1.165) is 25.6 Å². The first-order valence-electron chi connectivity index (χ1n) is 8.91. The van der Waals surface area contributed by atoms with Gasteiger partial charge in [-0.15, -0.1) is 0 Å². The Hall–Kier alpha value is -1.35. The number of likely N-dealkylation sites (tertiary alicyclic amines) is 2. The summed E-state index contributed by atoms with van der Waals surface area (Å²) in [5, 5.41) is 0. The molecule has 1 amide bonds. The first-order chi connectivity index (χ1) is 10.8. The van der Waals surface area contributed by atoms with Crippen LogP contribution in [-0.2, 0) is 4.79 Å². The van der Waals surface area contributed by atoms with E-state index in [9.17, 15) is 4.79 Å². The molecule has 0 unspecified atom stereocenters. The minimum Gasteiger partial charge on any atom is -0.342 e. The number of rotatable bonds is 3. The van der Waals surface area contributed by atoms with Gasteiger partial charge < -0.3 is 9.80 Å². The number of hydrogen-bond acceptors (Lipinski definition) is 2. The topological polar surface area (TPSA) is 23.6 Å². The molecule has 0 spiro atoms. The number of carbonyl (C=O) groups excluding carboxylic acids is 1. The Morgan fingerprint density at radius 2 is 1.64 bits per heavy atom. The number of benzene rings is 1. The zero-order chi connectivity index (χ0) is 14.9. The van der Waals surface area contributed by atoms with Gasteiger partial charge in [0.15, 0.2) is 0 Å². The third kappa shape index (κ3) is 2.79. The van der Waals surface area contributed by atoms with Crippen LogP contribution in [-0.4, -0.2) is 47.9 Å². The summed E-state index contributed by atoms with van der Waals surface area (Å²) in [6.07, 6.45) is 6.12. The average molecular weight is 298 g/mol. The van der Waals surface area contributed by atoms with Gasteiger partial charge in [-0.3, -0.25) is 4.79 Å². The highest BCUT2D eigenvalue weighted by Gasteiger charge is 2.46. The van der Waals surface area contributed by atoms with Gasteiger partial charge in [0.1, 0.15) is 0 Å². The molecule has 0 N–H and O–H groups in total. The second kappa shape index (κ2) is 6.04. The molecular weight excluding hydrogens is 272 g/mol. The molecule has 0 radical (unpaired) electrons. The van der Waals surface area contributed by atoms with Gasteiger partial charge in [0.2, 0.25) is 5.91 Å².